The Morgan fingerprint density at radius 2 is 1.59 bits per heavy atom. The highest BCUT2D eigenvalue weighted by Gasteiger charge is 2.22. The van der Waals surface area contributed by atoms with Crippen molar-refractivity contribution in [1.82, 2.24) is 24.9 Å². The number of carbonyl (C=O) groups excluding carboxylic acids is 1. The first-order valence-corrected chi connectivity index (χ1v) is 11.0. The molecule has 0 aliphatic rings. The topological polar surface area (TPSA) is 64.7 Å². The predicted molar refractivity (Wildman–Crippen MR) is 127 cm³/mol. The minimum absolute atomic E-state index is 0.130. The van der Waals surface area contributed by atoms with Gasteiger partial charge < -0.3 is 5.32 Å². The van der Waals surface area contributed by atoms with Gasteiger partial charge in [0.05, 0.1) is 33.4 Å². The molecule has 0 spiro atoms. The van der Waals surface area contributed by atoms with E-state index in [9.17, 15) is 4.79 Å². The van der Waals surface area contributed by atoms with Gasteiger partial charge in [-0.15, -0.1) is 0 Å². The summed E-state index contributed by atoms with van der Waals surface area (Å²) in [5.74, 6) is -0.130. The largest absolute Gasteiger partial charge is 0.352 e. The first-order chi connectivity index (χ1) is 15.5. The lowest BCUT2D eigenvalue weighted by Gasteiger charge is -2.08. The second-order valence-corrected chi connectivity index (χ2v) is 8.12. The predicted octanol–water partition coefficient (Wildman–Crippen LogP) is 5.13. The van der Waals surface area contributed by atoms with E-state index in [4.69, 9.17) is 16.7 Å². The zero-order chi connectivity index (χ0) is 22.7. The molecule has 0 saturated heterocycles. The van der Waals surface area contributed by atoms with E-state index in [1.807, 2.05) is 90.8 Å². The molecular weight excluding hydrogens is 422 g/mol. The molecule has 4 rings (SSSR count). The van der Waals surface area contributed by atoms with Crippen molar-refractivity contribution in [3.05, 3.63) is 88.3 Å². The Labute approximate surface area is 192 Å². The van der Waals surface area contributed by atoms with E-state index < -0.39 is 0 Å². The van der Waals surface area contributed by atoms with Crippen molar-refractivity contribution < 1.29 is 4.79 Å². The molecule has 0 atom stereocenters. The quantitative estimate of drug-likeness (QED) is 0.399. The lowest BCUT2D eigenvalue weighted by Crippen LogP contribution is -2.26. The van der Waals surface area contributed by atoms with Crippen molar-refractivity contribution in [2.75, 3.05) is 6.54 Å². The third-order valence-corrected chi connectivity index (χ3v) is 6.06. The molecule has 6 nitrogen and oxygen atoms in total. The number of hydrogen-bond acceptors (Lipinski definition) is 3. The van der Waals surface area contributed by atoms with Crippen molar-refractivity contribution in [2.45, 2.75) is 33.7 Å². The summed E-state index contributed by atoms with van der Waals surface area (Å²) < 4.78 is 3.72. The minimum atomic E-state index is -0.130. The summed E-state index contributed by atoms with van der Waals surface area (Å²) in [6.45, 7) is 6.99. The van der Waals surface area contributed by atoms with Gasteiger partial charge >= 0.3 is 0 Å². The van der Waals surface area contributed by atoms with E-state index in [0.717, 1.165) is 34.8 Å². The lowest BCUT2D eigenvalue weighted by atomic mass is 10.1. The van der Waals surface area contributed by atoms with Crippen LogP contribution in [0.5, 0.6) is 0 Å². The molecule has 0 unspecified atom stereocenters. The number of carbonyl (C=O) groups is 1. The normalized spacial score (nSPS) is 11.0. The van der Waals surface area contributed by atoms with Gasteiger partial charge in [-0.25, -0.2) is 4.68 Å². The molecule has 164 valence electrons. The molecule has 2 aromatic carbocycles. The van der Waals surface area contributed by atoms with Gasteiger partial charge in [-0.1, -0.05) is 60.1 Å². The summed E-state index contributed by atoms with van der Waals surface area (Å²) in [5, 5.41) is 13.0. The third kappa shape index (κ3) is 4.32. The second-order valence-electron chi connectivity index (χ2n) is 7.74. The number of halogens is 1. The summed E-state index contributed by atoms with van der Waals surface area (Å²) >= 11 is 6.23. The maximum absolute atomic E-state index is 13.2. The van der Waals surface area contributed by atoms with E-state index in [0.29, 0.717) is 29.4 Å². The summed E-state index contributed by atoms with van der Waals surface area (Å²) in [7, 11) is 0. The molecule has 0 aliphatic carbocycles. The van der Waals surface area contributed by atoms with Crippen molar-refractivity contribution in [3.63, 3.8) is 0 Å². The average Bonchev–Trinajstić information content (AvgIpc) is 3.29. The molecule has 0 bridgehead atoms. The maximum atomic E-state index is 13.2. The lowest BCUT2D eigenvalue weighted by molar-refractivity contribution is 0.0952. The Balaban J connectivity index is 1.55. The zero-order valence-corrected chi connectivity index (χ0v) is 19.2. The van der Waals surface area contributed by atoms with Crippen LogP contribution in [0.3, 0.4) is 0 Å². The molecule has 32 heavy (non-hydrogen) atoms. The van der Waals surface area contributed by atoms with Gasteiger partial charge in [0.2, 0.25) is 0 Å². The standard InChI is InChI=1S/C25H26ClN5O/c1-17-23(26)19(3)30(28-17)16-10-15-27-25(32)22-18(2)31(21-13-8-5-9-14-21)29-24(22)20-11-6-4-7-12-20/h4-9,11-14H,10,15-16H2,1-3H3,(H,27,32). The van der Waals surface area contributed by atoms with Crippen molar-refractivity contribution in [3.8, 4) is 16.9 Å². The molecule has 0 radical (unpaired) electrons. The van der Waals surface area contributed by atoms with Crippen LogP contribution in [-0.2, 0) is 6.54 Å². The Morgan fingerprint density at radius 3 is 2.22 bits per heavy atom. The SMILES string of the molecule is Cc1nn(CCCNC(=O)c2c(-c3ccccc3)nn(-c3ccccc3)c2C)c(C)c1Cl. The zero-order valence-electron chi connectivity index (χ0n) is 18.5. The first-order valence-electron chi connectivity index (χ1n) is 10.7. The molecule has 2 heterocycles. The van der Waals surface area contributed by atoms with Crippen LogP contribution in [0.15, 0.2) is 60.7 Å². The molecule has 0 saturated carbocycles. The fourth-order valence-electron chi connectivity index (χ4n) is 3.80. The van der Waals surface area contributed by atoms with Gasteiger partial charge in [0.15, 0.2) is 0 Å². The Kier molecular flexibility index (Phi) is 6.42. The van der Waals surface area contributed by atoms with Crippen LogP contribution >= 0.6 is 11.6 Å². The van der Waals surface area contributed by atoms with Crippen LogP contribution in [0, 0.1) is 20.8 Å². The van der Waals surface area contributed by atoms with E-state index >= 15 is 0 Å². The first kappa shape index (κ1) is 21.8. The van der Waals surface area contributed by atoms with Crippen LogP contribution in [0.4, 0.5) is 0 Å². The van der Waals surface area contributed by atoms with Gasteiger partial charge in [-0.3, -0.25) is 9.48 Å². The van der Waals surface area contributed by atoms with Gasteiger partial charge in [0.1, 0.15) is 5.69 Å². The molecule has 0 fully saturated rings. The van der Waals surface area contributed by atoms with Crippen LogP contribution in [0.25, 0.3) is 16.9 Å². The monoisotopic (exact) mass is 447 g/mol. The van der Waals surface area contributed by atoms with Crippen molar-refractivity contribution in [2.24, 2.45) is 0 Å². The number of para-hydroxylation sites is 1. The van der Waals surface area contributed by atoms with Gasteiger partial charge in [-0.05, 0) is 39.3 Å². The number of aromatic nitrogens is 4. The second kappa shape index (κ2) is 9.40. The molecule has 2 aromatic heterocycles. The van der Waals surface area contributed by atoms with E-state index in [1.165, 1.54) is 0 Å². The number of benzene rings is 2. The number of rotatable bonds is 7. The fraction of sp³-hybridized carbons (Fsp3) is 0.240. The van der Waals surface area contributed by atoms with E-state index in [1.54, 1.807) is 0 Å². The fourth-order valence-corrected chi connectivity index (χ4v) is 3.94. The van der Waals surface area contributed by atoms with Crippen molar-refractivity contribution in [1.29, 1.82) is 0 Å². The minimum Gasteiger partial charge on any atom is -0.352 e. The Bertz CT molecular complexity index is 1230. The smallest absolute Gasteiger partial charge is 0.255 e. The van der Waals surface area contributed by atoms with Gasteiger partial charge in [0, 0.05) is 18.7 Å². The Hall–Kier alpha value is -3.38. The molecule has 0 aliphatic heterocycles. The number of amides is 1. The molecular formula is C25H26ClN5O. The molecule has 1 N–H and O–H groups in total. The molecule has 4 aromatic rings. The average molecular weight is 448 g/mol. The van der Waals surface area contributed by atoms with E-state index in [2.05, 4.69) is 10.4 Å². The third-order valence-electron chi connectivity index (χ3n) is 5.52. The van der Waals surface area contributed by atoms with Gasteiger partial charge in [-0.2, -0.15) is 10.2 Å². The van der Waals surface area contributed by atoms with Crippen molar-refractivity contribution >= 4 is 17.5 Å². The summed E-state index contributed by atoms with van der Waals surface area (Å²) in [4.78, 5) is 13.2. The summed E-state index contributed by atoms with van der Waals surface area (Å²) in [6.07, 6.45) is 0.747. The van der Waals surface area contributed by atoms with E-state index in [-0.39, 0.29) is 5.91 Å². The number of nitrogens with zero attached hydrogens (tertiary/aromatic N) is 4. The Morgan fingerprint density at radius 1 is 0.938 bits per heavy atom. The van der Waals surface area contributed by atoms with Crippen LogP contribution in [-0.4, -0.2) is 32.0 Å². The molecule has 1 amide bonds. The maximum Gasteiger partial charge on any atom is 0.255 e. The molecule has 7 heteroatoms. The highest BCUT2D eigenvalue weighted by Crippen LogP contribution is 2.27. The number of hydrogen-bond donors (Lipinski definition) is 1. The highest BCUT2D eigenvalue weighted by molar-refractivity contribution is 6.31. The van der Waals surface area contributed by atoms with Crippen LogP contribution < -0.4 is 5.32 Å². The number of aryl methyl sites for hydroxylation is 2. The summed E-state index contributed by atoms with van der Waals surface area (Å²) in [6, 6.07) is 19.7. The van der Waals surface area contributed by atoms with Gasteiger partial charge in [0.25, 0.3) is 5.91 Å². The summed E-state index contributed by atoms with van der Waals surface area (Å²) in [5.41, 5.74) is 5.67. The van der Waals surface area contributed by atoms with Crippen LogP contribution in [0.1, 0.15) is 33.9 Å². The van der Waals surface area contributed by atoms with Crippen LogP contribution in [0.2, 0.25) is 5.02 Å². The number of nitrogens with one attached hydrogen (secondary N) is 1. The highest BCUT2D eigenvalue weighted by atomic mass is 35.5.